The first-order chi connectivity index (χ1) is 10.1. The first-order valence-electron chi connectivity index (χ1n) is 7.64. The minimum atomic E-state index is 0.0490. The highest BCUT2D eigenvalue weighted by Crippen LogP contribution is 2.26. The Labute approximate surface area is 130 Å². The zero-order valence-corrected chi connectivity index (χ0v) is 13.1. The topological polar surface area (TPSA) is 44.4 Å². The number of fused-ring (bicyclic) bond motifs is 1. The summed E-state index contributed by atoms with van der Waals surface area (Å²) in [6.07, 6.45) is 2.47. The van der Waals surface area contributed by atoms with Crippen molar-refractivity contribution in [2.45, 2.75) is 25.8 Å². The van der Waals surface area contributed by atoms with Gasteiger partial charge in [0, 0.05) is 23.3 Å². The maximum Gasteiger partial charge on any atom is 0.238 e. The minimum Gasteiger partial charge on any atom is -0.325 e. The Kier molecular flexibility index (Phi) is 4.48. The predicted molar refractivity (Wildman–Crippen MR) is 85.8 cm³/mol. The van der Waals surface area contributed by atoms with Crippen molar-refractivity contribution in [3.8, 4) is 0 Å². The van der Waals surface area contributed by atoms with Gasteiger partial charge in [0.25, 0.3) is 0 Å². The van der Waals surface area contributed by atoms with Crippen LogP contribution in [0.15, 0.2) is 18.2 Å². The van der Waals surface area contributed by atoms with Crippen molar-refractivity contribution in [1.29, 1.82) is 0 Å². The predicted octanol–water partition coefficient (Wildman–Crippen LogP) is 2.27. The average Bonchev–Trinajstić information content (AvgIpc) is 2.92. The number of nitrogens with zero attached hydrogens (tertiary/aromatic N) is 1. The highest BCUT2D eigenvalue weighted by atomic mass is 35.5. The van der Waals surface area contributed by atoms with Crippen molar-refractivity contribution in [3.05, 3.63) is 28.8 Å². The Balaban J connectivity index is 1.62. The van der Waals surface area contributed by atoms with Gasteiger partial charge in [0.15, 0.2) is 0 Å². The molecule has 2 saturated heterocycles. The maximum atomic E-state index is 12.3. The second kappa shape index (κ2) is 6.34. The lowest BCUT2D eigenvalue weighted by Gasteiger charge is -2.36. The van der Waals surface area contributed by atoms with Gasteiger partial charge in [-0.25, -0.2) is 0 Å². The first kappa shape index (κ1) is 14.8. The van der Waals surface area contributed by atoms with Gasteiger partial charge < -0.3 is 10.6 Å². The number of rotatable bonds is 3. The van der Waals surface area contributed by atoms with Crippen LogP contribution in [0.25, 0.3) is 0 Å². The van der Waals surface area contributed by atoms with Crippen molar-refractivity contribution in [2.24, 2.45) is 5.92 Å². The molecule has 5 heteroatoms. The van der Waals surface area contributed by atoms with E-state index in [1.807, 2.05) is 25.1 Å². The van der Waals surface area contributed by atoms with Crippen molar-refractivity contribution in [1.82, 2.24) is 10.2 Å². The SMILES string of the molecule is Cc1ccc(Cl)cc1NC(=O)CN1CCCC2CNCC21. The summed E-state index contributed by atoms with van der Waals surface area (Å²) in [6.45, 7) is 5.56. The highest BCUT2D eigenvalue weighted by molar-refractivity contribution is 6.31. The van der Waals surface area contributed by atoms with E-state index in [2.05, 4.69) is 15.5 Å². The molecule has 0 bridgehead atoms. The van der Waals surface area contributed by atoms with Crippen LogP contribution in [-0.4, -0.2) is 43.0 Å². The van der Waals surface area contributed by atoms with E-state index in [0.717, 1.165) is 30.9 Å². The summed E-state index contributed by atoms with van der Waals surface area (Å²) in [5, 5.41) is 7.08. The molecule has 1 aromatic carbocycles. The summed E-state index contributed by atoms with van der Waals surface area (Å²) in [4.78, 5) is 14.6. The molecule has 2 atom stereocenters. The van der Waals surface area contributed by atoms with Crippen LogP contribution < -0.4 is 10.6 Å². The summed E-state index contributed by atoms with van der Waals surface area (Å²) in [5.74, 6) is 0.757. The molecule has 2 fully saturated rings. The molecule has 2 unspecified atom stereocenters. The summed E-state index contributed by atoms with van der Waals surface area (Å²) < 4.78 is 0. The molecule has 4 nitrogen and oxygen atoms in total. The van der Waals surface area contributed by atoms with Crippen LogP contribution in [0.3, 0.4) is 0 Å². The monoisotopic (exact) mass is 307 g/mol. The van der Waals surface area contributed by atoms with Gasteiger partial charge in [0.2, 0.25) is 5.91 Å². The number of hydrogen-bond donors (Lipinski definition) is 2. The van der Waals surface area contributed by atoms with Crippen molar-refractivity contribution < 1.29 is 4.79 Å². The van der Waals surface area contributed by atoms with Crippen molar-refractivity contribution in [2.75, 3.05) is 31.5 Å². The Morgan fingerprint density at radius 1 is 1.48 bits per heavy atom. The quantitative estimate of drug-likeness (QED) is 0.900. The molecule has 0 aromatic heterocycles. The molecule has 0 saturated carbocycles. The smallest absolute Gasteiger partial charge is 0.238 e. The van der Waals surface area contributed by atoms with Crippen LogP contribution in [-0.2, 0) is 4.79 Å². The molecule has 2 N–H and O–H groups in total. The van der Waals surface area contributed by atoms with Gasteiger partial charge in [-0.1, -0.05) is 17.7 Å². The largest absolute Gasteiger partial charge is 0.325 e. The molecule has 3 rings (SSSR count). The zero-order valence-electron chi connectivity index (χ0n) is 12.4. The number of hydrogen-bond acceptors (Lipinski definition) is 3. The molecule has 2 aliphatic rings. The normalized spacial score (nSPS) is 25.6. The Bertz CT molecular complexity index is 534. The Morgan fingerprint density at radius 3 is 3.19 bits per heavy atom. The molecule has 2 aliphatic heterocycles. The summed E-state index contributed by atoms with van der Waals surface area (Å²) >= 11 is 6.00. The van der Waals surface area contributed by atoms with Crippen LogP contribution in [0, 0.1) is 12.8 Å². The molecule has 21 heavy (non-hydrogen) atoms. The van der Waals surface area contributed by atoms with E-state index in [-0.39, 0.29) is 5.91 Å². The summed E-state index contributed by atoms with van der Waals surface area (Å²) in [6, 6.07) is 6.09. The van der Waals surface area contributed by atoms with E-state index < -0.39 is 0 Å². The lowest BCUT2D eigenvalue weighted by Crippen LogP contribution is -2.48. The summed E-state index contributed by atoms with van der Waals surface area (Å²) in [5.41, 5.74) is 1.84. The molecule has 0 radical (unpaired) electrons. The lowest BCUT2D eigenvalue weighted by molar-refractivity contribution is -0.118. The third-order valence-electron chi connectivity index (χ3n) is 4.61. The first-order valence-corrected chi connectivity index (χ1v) is 8.02. The second-order valence-electron chi connectivity index (χ2n) is 6.11. The van der Waals surface area contributed by atoms with Gasteiger partial charge >= 0.3 is 0 Å². The number of carbonyl (C=O) groups is 1. The van der Waals surface area contributed by atoms with Gasteiger partial charge in [-0.2, -0.15) is 0 Å². The van der Waals surface area contributed by atoms with Crippen LogP contribution in [0.2, 0.25) is 5.02 Å². The number of aryl methyl sites for hydroxylation is 1. The standard InChI is InChI=1S/C16H22ClN3O/c1-11-4-5-13(17)7-14(11)19-16(21)10-20-6-2-3-12-8-18-9-15(12)20/h4-5,7,12,15,18H,2-3,6,8-10H2,1H3,(H,19,21). The highest BCUT2D eigenvalue weighted by Gasteiger charge is 2.35. The number of piperidine rings is 1. The van der Waals surface area contributed by atoms with Gasteiger partial charge in [-0.05, 0) is 56.5 Å². The number of nitrogens with one attached hydrogen (secondary N) is 2. The van der Waals surface area contributed by atoms with E-state index in [0.29, 0.717) is 23.5 Å². The number of halogens is 1. The second-order valence-corrected chi connectivity index (χ2v) is 6.54. The molecular formula is C16H22ClN3O. The fourth-order valence-electron chi connectivity index (χ4n) is 3.46. The van der Waals surface area contributed by atoms with Crippen molar-refractivity contribution in [3.63, 3.8) is 0 Å². The fraction of sp³-hybridized carbons (Fsp3) is 0.562. The molecule has 0 spiro atoms. The van der Waals surface area contributed by atoms with Crippen LogP contribution in [0.4, 0.5) is 5.69 Å². The van der Waals surface area contributed by atoms with E-state index >= 15 is 0 Å². The maximum absolute atomic E-state index is 12.3. The Morgan fingerprint density at radius 2 is 2.33 bits per heavy atom. The number of carbonyl (C=O) groups excluding carboxylic acids is 1. The molecule has 0 aliphatic carbocycles. The van der Waals surface area contributed by atoms with Gasteiger partial charge in [-0.3, -0.25) is 9.69 Å². The lowest BCUT2D eigenvalue weighted by atomic mass is 9.92. The van der Waals surface area contributed by atoms with Crippen LogP contribution in [0.5, 0.6) is 0 Å². The number of likely N-dealkylation sites (tertiary alicyclic amines) is 1. The number of benzene rings is 1. The van der Waals surface area contributed by atoms with Gasteiger partial charge in [-0.15, -0.1) is 0 Å². The minimum absolute atomic E-state index is 0.0490. The van der Waals surface area contributed by atoms with E-state index in [1.54, 1.807) is 0 Å². The van der Waals surface area contributed by atoms with E-state index in [4.69, 9.17) is 11.6 Å². The van der Waals surface area contributed by atoms with E-state index in [1.165, 1.54) is 12.8 Å². The van der Waals surface area contributed by atoms with Gasteiger partial charge in [0.05, 0.1) is 6.54 Å². The van der Waals surface area contributed by atoms with Crippen molar-refractivity contribution >= 4 is 23.2 Å². The van der Waals surface area contributed by atoms with Crippen LogP contribution >= 0.6 is 11.6 Å². The zero-order chi connectivity index (χ0) is 14.8. The molecule has 2 heterocycles. The number of amides is 1. The summed E-state index contributed by atoms with van der Waals surface area (Å²) in [7, 11) is 0. The average molecular weight is 308 g/mol. The molecule has 1 amide bonds. The Hall–Kier alpha value is -1.10. The molecule has 114 valence electrons. The number of anilines is 1. The molecule has 1 aromatic rings. The fourth-order valence-corrected chi connectivity index (χ4v) is 3.63. The van der Waals surface area contributed by atoms with Gasteiger partial charge in [0.1, 0.15) is 0 Å². The third kappa shape index (κ3) is 3.39. The van der Waals surface area contributed by atoms with E-state index in [9.17, 15) is 4.79 Å². The van der Waals surface area contributed by atoms with Crippen LogP contribution in [0.1, 0.15) is 18.4 Å². The molecular weight excluding hydrogens is 286 g/mol. The third-order valence-corrected chi connectivity index (χ3v) is 4.85.